The number of nitrogens with zero attached hydrogens (tertiary/aromatic N) is 1. The maximum Gasteiger partial charge on any atom is 0.312 e. The van der Waals surface area contributed by atoms with E-state index < -0.39 is 25.5 Å². The van der Waals surface area contributed by atoms with Gasteiger partial charge in [0.05, 0.1) is 4.92 Å². The number of hydrogen-bond acceptors (Lipinski definition) is 5. The number of anilines is 1. The molecule has 0 saturated heterocycles. The zero-order chi connectivity index (χ0) is 13.2. The SMILES string of the molecule is CC(C)NS(=O)(=O)c1cccc(N)c1[N+](=O)[O-]. The zero-order valence-corrected chi connectivity index (χ0v) is 10.2. The van der Waals surface area contributed by atoms with E-state index in [1.807, 2.05) is 0 Å². The molecule has 0 radical (unpaired) electrons. The molecule has 0 aliphatic rings. The number of nitrogens with one attached hydrogen (secondary N) is 1. The summed E-state index contributed by atoms with van der Waals surface area (Å²) >= 11 is 0. The van der Waals surface area contributed by atoms with Gasteiger partial charge >= 0.3 is 5.69 Å². The summed E-state index contributed by atoms with van der Waals surface area (Å²) in [7, 11) is -3.93. The van der Waals surface area contributed by atoms with Crippen LogP contribution in [0.25, 0.3) is 0 Å². The summed E-state index contributed by atoms with van der Waals surface area (Å²) in [6.45, 7) is 3.24. The Morgan fingerprint density at radius 1 is 1.41 bits per heavy atom. The number of nitro benzene ring substituents is 1. The number of nitrogens with two attached hydrogens (primary N) is 1. The molecule has 0 bridgehead atoms. The van der Waals surface area contributed by atoms with Crippen LogP contribution in [-0.4, -0.2) is 19.4 Å². The van der Waals surface area contributed by atoms with Crippen LogP contribution in [0.1, 0.15) is 13.8 Å². The summed E-state index contributed by atoms with van der Waals surface area (Å²) in [4.78, 5) is 9.59. The largest absolute Gasteiger partial charge is 0.393 e. The summed E-state index contributed by atoms with van der Waals surface area (Å²) in [5.41, 5.74) is 4.64. The van der Waals surface area contributed by atoms with Gasteiger partial charge in [-0.05, 0) is 26.0 Å². The maximum absolute atomic E-state index is 11.8. The Balaban J connectivity index is 3.42. The number of para-hydroxylation sites is 1. The monoisotopic (exact) mass is 259 g/mol. The third-order valence-corrected chi connectivity index (χ3v) is 3.58. The minimum absolute atomic E-state index is 0.179. The molecule has 7 nitrogen and oxygen atoms in total. The van der Waals surface area contributed by atoms with Crippen molar-refractivity contribution in [1.82, 2.24) is 4.72 Å². The van der Waals surface area contributed by atoms with Gasteiger partial charge in [0.25, 0.3) is 0 Å². The molecule has 0 heterocycles. The number of rotatable bonds is 4. The molecule has 0 unspecified atom stereocenters. The van der Waals surface area contributed by atoms with Gasteiger partial charge in [-0.1, -0.05) is 6.07 Å². The molecule has 0 saturated carbocycles. The summed E-state index contributed by atoms with van der Waals surface area (Å²) in [5, 5.41) is 10.8. The van der Waals surface area contributed by atoms with E-state index in [2.05, 4.69) is 4.72 Å². The van der Waals surface area contributed by atoms with Crippen LogP contribution in [0, 0.1) is 10.1 Å². The van der Waals surface area contributed by atoms with Crippen molar-refractivity contribution < 1.29 is 13.3 Å². The first-order valence-electron chi connectivity index (χ1n) is 4.81. The first-order valence-corrected chi connectivity index (χ1v) is 6.29. The summed E-state index contributed by atoms with van der Waals surface area (Å²) in [6, 6.07) is 3.43. The Labute approximate surface area is 98.8 Å². The highest BCUT2D eigenvalue weighted by atomic mass is 32.2. The van der Waals surface area contributed by atoms with Gasteiger partial charge in [-0.15, -0.1) is 0 Å². The molecule has 0 aliphatic heterocycles. The van der Waals surface area contributed by atoms with Crippen LogP contribution in [0.15, 0.2) is 23.1 Å². The lowest BCUT2D eigenvalue weighted by atomic mass is 10.3. The Kier molecular flexibility index (Phi) is 3.69. The second kappa shape index (κ2) is 4.68. The van der Waals surface area contributed by atoms with Crippen molar-refractivity contribution in [2.75, 3.05) is 5.73 Å². The lowest BCUT2D eigenvalue weighted by molar-refractivity contribution is -0.386. The van der Waals surface area contributed by atoms with Crippen molar-refractivity contribution in [1.29, 1.82) is 0 Å². The molecule has 1 aromatic carbocycles. The van der Waals surface area contributed by atoms with Gasteiger partial charge in [0.15, 0.2) is 4.90 Å². The first kappa shape index (κ1) is 13.4. The molecule has 0 aliphatic carbocycles. The molecule has 1 rings (SSSR count). The number of benzene rings is 1. The highest BCUT2D eigenvalue weighted by molar-refractivity contribution is 7.89. The second-order valence-electron chi connectivity index (χ2n) is 3.73. The van der Waals surface area contributed by atoms with E-state index in [9.17, 15) is 18.5 Å². The molecule has 0 spiro atoms. The summed E-state index contributed by atoms with van der Waals surface area (Å²) in [6.07, 6.45) is 0. The Morgan fingerprint density at radius 3 is 2.47 bits per heavy atom. The second-order valence-corrected chi connectivity index (χ2v) is 5.41. The average molecular weight is 259 g/mol. The van der Waals surface area contributed by atoms with E-state index in [0.29, 0.717) is 0 Å². The van der Waals surface area contributed by atoms with Gasteiger partial charge in [0, 0.05) is 6.04 Å². The van der Waals surface area contributed by atoms with Gasteiger partial charge in [-0.3, -0.25) is 10.1 Å². The van der Waals surface area contributed by atoms with E-state index >= 15 is 0 Å². The predicted octanol–water partition coefficient (Wildman–Crippen LogP) is 0.864. The molecule has 94 valence electrons. The van der Waals surface area contributed by atoms with Crippen molar-refractivity contribution in [3.05, 3.63) is 28.3 Å². The first-order chi connectivity index (χ1) is 7.75. The molecule has 0 amide bonds. The molecule has 0 atom stereocenters. The van der Waals surface area contributed by atoms with Gasteiger partial charge in [0.2, 0.25) is 10.0 Å². The highest BCUT2D eigenvalue weighted by Gasteiger charge is 2.28. The molecule has 0 fully saturated rings. The van der Waals surface area contributed by atoms with Gasteiger partial charge in [-0.25, -0.2) is 13.1 Å². The molecule has 3 N–H and O–H groups in total. The number of hydrogen-bond donors (Lipinski definition) is 2. The van der Waals surface area contributed by atoms with Crippen molar-refractivity contribution in [3.63, 3.8) is 0 Å². The van der Waals surface area contributed by atoms with E-state index in [-0.39, 0.29) is 11.7 Å². The highest BCUT2D eigenvalue weighted by Crippen LogP contribution is 2.29. The topological polar surface area (TPSA) is 115 Å². The Morgan fingerprint density at radius 2 is 2.00 bits per heavy atom. The number of nitro groups is 1. The maximum atomic E-state index is 11.8. The van der Waals surface area contributed by atoms with Crippen LogP contribution in [-0.2, 0) is 10.0 Å². The average Bonchev–Trinajstić information content (AvgIpc) is 2.14. The van der Waals surface area contributed by atoms with Crippen molar-refractivity contribution in [2.24, 2.45) is 0 Å². The van der Waals surface area contributed by atoms with Gasteiger partial charge in [0.1, 0.15) is 5.69 Å². The Bertz CT molecular complexity index is 539. The number of nitrogen functional groups attached to an aromatic ring is 1. The minimum Gasteiger partial charge on any atom is -0.393 e. The van der Waals surface area contributed by atoms with Gasteiger partial charge < -0.3 is 5.73 Å². The molecular weight excluding hydrogens is 246 g/mol. The van der Waals surface area contributed by atoms with E-state index in [1.165, 1.54) is 12.1 Å². The van der Waals surface area contributed by atoms with Gasteiger partial charge in [-0.2, -0.15) is 0 Å². The Hall–Kier alpha value is -1.67. The zero-order valence-electron chi connectivity index (χ0n) is 9.38. The normalized spacial score (nSPS) is 11.7. The molecular formula is C9H13N3O4S. The van der Waals surface area contributed by atoms with E-state index in [4.69, 9.17) is 5.73 Å². The van der Waals surface area contributed by atoms with Crippen LogP contribution in [0.2, 0.25) is 0 Å². The molecule has 8 heteroatoms. The van der Waals surface area contributed by atoms with Crippen molar-refractivity contribution in [2.45, 2.75) is 24.8 Å². The van der Waals surface area contributed by atoms with Crippen molar-refractivity contribution in [3.8, 4) is 0 Å². The molecule has 17 heavy (non-hydrogen) atoms. The third-order valence-electron chi connectivity index (χ3n) is 1.89. The lowest BCUT2D eigenvalue weighted by Gasteiger charge is -2.10. The fraction of sp³-hybridized carbons (Fsp3) is 0.333. The smallest absolute Gasteiger partial charge is 0.312 e. The number of sulfonamides is 1. The van der Waals surface area contributed by atoms with Crippen LogP contribution in [0.5, 0.6) is 0 Å². The summed E-state index contributed by atoms with van der Waals surface area (Å²) < 4.78 is 26.0. The fourth-order valence-corrected chi connectivity index (χ4v) is 2.78. The minimum atomic E-state index is -3.93. The third kappa shape index (κ3) is 2.92. The van der Waals surface area contributed by atoms with E-state index in [1.54, 1.807) is 13.8 Å². The predicted molar refractivity (Wildman–Crippen MR) is 63.0 cm³/mol. The van der Waals surface area contributed by atoms with Crippen LogP contribution in [0.4, 0.5) is 11.4 Å². The van der Waals surface area contributed by atoms with Crippen molar-refractivity contribution >= 4 is 21.4 Å². The standard InChI is InChI=1S/C9H13N3O4S/c1-6(2)11-17(15,16)8-5-3-4-7(10)9(8)12(13)14/h3-6,11H,10H2,1-2H3. The fourth-order valence-electron chi connectivity index (χ4n) is 1.33. The lowest BCUT2D eigenvalue weighted by Crippen LogP contribution is -2.30. The molecule has 0 aromatic heterocycles. The van der Waals surface area contributed by atoms with E-state index in [0.717, 1.165) is 6.07 Å². The quantitative estimate of drug-likeness (QED) is 0.472. The van der Waals surface area contributed by atoms with Crippen LogP contribution >= 0.6 is 0 Å². The summed E-state index contributed by atoms with van der Waals surface area (Å²) in [5.74, 6) is 0. The van der Waals surface area contributed by atoms with Crippen LogP contribution in [0.3, 0.4) is 0 Å². The molecule has 1 aromatic rings. The van der Waals surface area contributed by atoms with Crippen LogP contribution < -0.4 is 10.5 Å².